The molecular weight excluding hydrogens is 373 g/mol. The van der Waals surface area contributed by atoms with Crippen molar-refractivity contribution in [3.05, 3.63) is 59.9 Å². The van der Waals surface area contributed by atoms with Crippen LogP contribution in [0.3, 0.4) is 0 Å². The maximum absolute atomic E-state index is 14.5. The lowest BCUT2D eigenvalue weighted by Crippen LogP contribution is -2.54. The number of fused-ring (bicyclic) bond motifs is 4. The quantitative estimate of drug-likeness (QED) is 0.768. The molecule has 3 amide bonds. The van der Waals surface area contributed by atoms with Gasteiger partial charge in [-0.1, -0.05) is 44.2 Å². The molecule has 1 spiro atoms. The van der Waals surface area contributed by atoms with E-state index in [2.05, 4.69) is 10.6 Å². The van der Waals surface area contributed by atoms with Gasteiger partial charge in [0, 0.05) is 17.3 Å². The van der Waals surface area contributed by atoms with Crippen molar-refractivity contribution in [3.8, 4) is 0 Å². The zero-order valence-electron chi connectivity index (χ0n) is 16.0. The third-order valence-electron chi connectivity index (χ3n) is 6.37. The molecule has 148 valence electrons. The van der Waals surface area contributed by atoms with Crippen molar-refractivity contribution in [1.82, 2.24) is 5.32 Å². The Morgan fingerprint density at radius 1 is 1.00 bits per heavy atom. The second kappa shape index (κ2) is 5.97. The molecule has 0 aromatic heterocycles. The van der Waals surface area contributed by atoms with Crippen molar-refractivity contribution < 1.29 is 18.8 Å². The third-order valence-corrected chi connectivity index (χ3v) is 6.37. The van der Waals surface area contributed by atoms with Crippen LogP contribution in [0, 0.1) is 23.6 Å². The van der Waals surface area contributed by atoms with Gasteiger partial charge in [-0.3, -0.25) is 19.7 Å². The molecule has 0 unspecified atom stereocenters. The minimum atomic E-state index is -1.34. The summed E-state index contributed by atoms with van der Waals surface area (Å²) in [7, 11) is 0. The zero-order chi connectivity index (χ0) is 20.5. The largest absolute Gasteiger partial charge is 0.324 e. The molecule has 7 heteroatoms. The lowest BCUT2D eigenvalue weighted by molar-refractivity contribution is -0.130. The highest BCUT2D eigenvalue weighted by Gasteiger charge is 2.71. The molecule has 0 bridgehead atoms. The van der Waals surface area contributed by atoms with E-state index in [4.69, 9.17) is 0 Å². The first kappa shape index (κ1) is 18.0. The molecule has 5 rings (SSSR count). The van der Waals surface area contributed by atoms with Gasteiger partial charge in [-0.15, -0.1) is 0 Å². The second-order valence-corrected chi connectivity index (χ2v) is 8.19. The molecule has 3 aliphatic rings. The summed E-state index contributed by atoms with van der Waals surface area (Å²) >= 11 is 0. The number of nitrogens with zero attached hydrogens (tertiary/aromatic N) is 1. The van der Waals surface area contributed by atoms with E-state index >= 15 is 0 Å². The van der Waals surface area contributed by atoms with E-state index in [-0.39, 0.29) is 17.5 Å². The minimum Gasteiger partial charge on any atom is -0.324 e. The molecule has 2 fully saturated rings. The number of carbonyl (C=O) groups excluding carboxylic acids is 3. The minimum absolute atomic E-state index is 0.0141. The Balaban J connectivity index is 1.71. The van der Waals surface area contributed by atoms with Crippen molar-refractivity contribution >= 4 is 29.1 Å². The normalized spacial score (nSPS) is 30.3. The lowest BCUT2D eigenvalue weighted by Gasteiger charge is -2.30. The molecule has 3 aliphatic heterocycles. The summed E-state index contributed by atoms with van der Waals surface area (Å²) in [6, 6.07) is 12.5. The summed E-state index contributed by atoms with van der Waals surface area (Å²) in [5.74, 6) is -3.72. The Labute approximate surface area is 167 Å². The average molecular weight is 393 g/mol. The third kappa shape index (κ3) is 2.16. The molecule has 2 N–H and O–H groups in total. The summed E-state index contributed by atoms with van der Waals surface area (Å²) in [4.78, 5) is 41.1. The number of carbonyl (C=O) groups is 3. The fraction of sp³-hybridized carbons (Fsp3) is 0.318. The van der Waals surface area contributed by atoms with Gasteiger partial charge in [0.05, 0.1) is 17.5 Å². The number of para-hydroxylation sites is 2. The van der Waals surface area contributed by atoms with Gasteiger partial charge in [0.25, 0.3) is 0 Å². The maximum Gasteiger partial charge on any atom is 0.250 e. The molecule has 3 heterocycles. The standard InChI is InChI=1S/C22H20FN3O3/c1-11(2)18-16-17(20(28)26(19(16)27)15-10-6-4-8-13(15)23)22(25-18)12-7-3-5-9-14(12)24-21(22)29/h3-11,16-18,25H,1-2H3,(H,24,29)/t16-,17-,18-,22-/m0/s1. The Hall–Kier alpha value is -3.06. The van der Waals surface area contributed by atoms with Crippen LogP contribution in [0.1, 0.15) is 19.4 Å². The molecule has 0 saturated carbocycles. The van der Waals surface area contributed by atoms with Crippen molar-refractivity contribution in [1.29, 1.82) is 0 Å². The molecule has 4 atom stereocenters. The number of rotatable bonds is 2. The first-order chi connectivity index (χ1) is 13.9. The van der Waals surface area contributed by atoms with Gasteiger partial charge in [0.1, 0.15) is 11.4 Å². The SMILES string of the molecule is CC(C)[C@@H]1N[C@]2(C(=O)Nc3ccccc32)[C@@H]2C(=O)N(c3ccccc3F)C(=O)[C@@H]21. The molecule has 29 heavy (non-hydrogen) atoms. The van der Waals surface area contributed by atoms with Crippen LogP contribution in [0.15, 0.2) is 48.5 Å². The van der Waals surface area contributed by atoms with E-state index in [9.17, 15) is 18.8 Å². The Morgan fingerprint density at radius 3 is 2.41 bits per heavy atom. The van der Waals surface area contributed by atoms with Gasteiger partial charge in [-0.2, -0.15) is 0 Å². The van der Waals surface area contributed by atoms with E-state index in [0.717, 1.165) is 4.90 Å². The topological polar surface area (TPSA) is 78.5 Å². The fourth-order valence-corrected chi connectivity index (χ4v) is 5.13. The number of hydrogen-bond donors (Lipinski definition) is 2. The highest BCUT2D eigenvalue weighted by atomic mass is 19.1. The van der Waals surface area contributed by atoms with E-state index in [1.807, 2.05) is 13.8 Å². The highest BCUT2D eigenvalue weighted by molar-refractivity contribution is 6.25. The first-order valence-electron chi connectivity index (χ1n) is 9.69. The number of anilines is 2. The van der Waals surface area contributed by atoms with Crippen LogP contribution < -0.4 is 15.5 Å². The van der Waals surface area contributed by atoms with E-state index in [1.54, 1.807) is 30.3 Å². The Bertz CT molecular complexity index is 1070. The van der Waals surface area contributed by atoms with Crippen LogP contribution in [0.5, 0.6) is 0 Å². The van der Waals surface area contributed by atoms with E-state index in [1.165, 1.54) is 18.2 Å². The number of nitrogens with one attached hydrogen (secondary N) is 2. The molecule has 2 aromatic carbocycles. The number of amides is 3. The summed E-state index contributed by atoms with van der Waals surface area (Å²) < 4.78 is 14.5. The van der Waals surface area contributed by atoms with Gasteiger partial charge in [0.2, 0.25) is 17.7 Å². The summed E-state index contributed by atoms with van der Waals surface area (Å²) in [5.41, 5.74) is -0.137. The molecule has 2 saturated heterocycles. The fourth-order valence-electron chi connectivity index (χ4n) is 5.13. The van der Waals surface area contributed by atoms with Gasteiger partial charge in [-0.25, -0.2) is 9.29 Å². The van der Waals surface area contributed by atoms with Crippen molar-refractivity contribution in [2.24, 2.45) is 17.8 Å². The van der Waals surface area contributed by atoms with Gasteiger partial charge < -0.3 is 5.32 Å². The van der Waals surface area contributed by atoms with Crippen molar-refractivity contribution in [2.45, 2.75) is 25.4 Å². The lowest BCUT2D eigenvalue weighted by atomic mass is 9.76. The molecule has 0 radical (unpaired) electrons. The van der Waals surface area contributed by atoms with Crippen molar-refractivity contribution in [3.63, 3.8) is 0 Å². The molecular formula is C22H20FN3O3. The second-order valence-electron chi connectivity index (χ2n) is 8.19. The van der Waals surface area contributed by atoms with E-state index < -0.39 is 41.0 Å². The highest BCUT2D eigenvalue weighted by Crippen LogP contribution is 2.54. The predicted molar refractivity (Wildman–Crippen MR) is 104 cm³/mol. The van der Waals surface area contributed by atoms with Crippen LogP contribution >= 0.6 is 0 Å². The van der Waals surface area contributed by atoms with Crippen LogP contribution in [0.25, 0.3) is 0 Å². The molecule has 2 aromatic rings. The van der Waals surface area contributed by atoms with Crippen LogP contribution in [0.2, 0.25) is 0 Å². The smallest absolute Gasteiger partial charge is 0.250 e. The van der Waals surface area contributed by atoms with Gasteiger partial charge in [0.15, 0.2) is 0 Å². The zero-order valence-corrected chi connectivity index (χ0v) is 16.0. The number of benzene rings is 2. The first-order valence-corrected chi connectivity index (χ1v) is 9.69. The van der Waals surface area contributed by atoms with Gasteiger partial charge >= 0.3 is 0 Å². The monoisotopic (exact) mass is 393 g/mol. The van der Waals surface area contributed by atoms with Gasteiger partial charge in [-0.05, 0) is 24.1 Å². The average Bonchev–Trinajstić information content (AvgIpc) is 3.28. The summed E-state index contributed by atoms with van der Waals surface area (Å²) in [6.07, 6.45) is 0. The Kier molecular flexibility index (Phi) is 3.70. The van der Waals surface area contributed by atoms with Crippen LogP contribution in [-0.4, -0.2) is 23.8 Å². The summed E-state index contributed by atoms with van der Waals surface area (Å²) in [5, 5.41) is 6.19. The van der Waals surface area contributed by atoms with Crippen molar-refractivity contribution in [2.75, 3.05) is 10.2 Å². The number of hydrogen-bond acceptors (Lipinski definition) is 4. The number of halogens is 1. The van der Waals surface area contributed by atoms with Crippen LogP contribution in [0.4, 0.5) is 15.8 Å². The number of imide groups is 1. The Morgan fingerprint density at radius 2 is 1.69 bits per heavy atom. The molecule has 0 aliphatic carbocycles. The van der Waals surface area contributed by atoms with Crippen LogP contribution in [-0.2, 0) is 19.9 Å². The molecule has 6 nitrogen and oxygen atoms in total. The predicted octanol–water partition coefficient (Wildman–Crippen LogP) is 2.41. The maximum atomic E-state index is 14.5. The summed E-state index contributed by atoms with van der Waals surface area (Å²) in [6.45, 7) is 3.88. The van der Waals surface area contributed by atoms with E-state index in [0.29, 0.717) is 11.3 Å².